The molecule has 0 saturated heterocycles. The number of hydrogen-bond acceptors (Lipinski definition) is 3. The predicted molar refractivity (Wildman–Crippen MR) is 104 cm³/mol. The summed E-state index contributed by atoms with van der Waals surface area (Å²) in [6.07, 6.45) is 0. The third-order valence-electron chi connectivity index (χ3n) is 3.79. The maximum atomic E-state index is 13.3. The molecule has 0 unspecified atom stereocenters. The van der Waals surface area contributed by atoms with Gasteiger partial charge in [-0.3, -0.25) is 4.72 Å². The quantitative estimate of drug-likeness (QED) is 0.589. The van der Waals surface area contributed by atoms with Gasteiger partial charge in [0.05, 0.1) is 4.90 Å². The largest absolute Gasteiger partial charge is 0.280 e. The van der Waals surface area contributed by atoms with Crippen molar-refractivity contribution in [3.8, 4) is 0 Å². The van der Waals surface area contributed by atoms with Crippen LogP contribution >= 0.6 is 11.8 Å². The summed E-state index contributed by atoms with van der Waals surface area (Å²) in [6.45, 7) is 1.54. The average molecular weight is 388 g/mol. The maximum absolute atomic E-state index is 13.3. The first-order valence-corrected chi connectivity index (χ1v) is 10.5. The topological polar surface area (TPSA) is 46.2 Å². The molecule has 3 rings (SSSR count). The normalized spacial score (nSPS) is 11.3. The van der Waals surface area contributed by atoms with Gasteiger partial charge in [-0.1, -0.05) is 30.3 Å². The molecule has 26 heavy (non-hydrogen) atoms. The SMILES string of the molecule is Cc1cc(S(=O)(=O)Nc2ccc(CSc3ccccc3)cc2)ccc1F. The van der Waals surface area contributed by atoms with Crippen molar-refractivity contribution < 1.29 is 12.8 Å². The third kappa shape index (κ3) is 4.65. The van der Waals surface area contributed by atoms with Gasteiger partial charge in [0.1, 0.15) is 5.82 Å². The first-order valence-electron chi connectivity index (χ1n) is 8.00. The van der Waals surface area contributed by atoms with Gasteiger partial charge in [-0.15, -0.1) is 11.8 Å². The summed E-state index contributed by atoms with van der Waals surface area (Å²) in [6, 6.07) is 21.1. The lowest BCUT2D eigenvalue weighted by atomic mass is 10.2. The number of benzene rings is 3. The Morgan fingerprint density at radius 2 is 1.65 bits per heavy atom. The van der Waals surface area contributed by atoms with Gasteiger partial charge in [-0.25, -0.2) is 12.8 Å². The molecule has 0 spiro atoms. The van der Waals surface area contributed by atoms with E-state index in [0.717, 1.165) is 17.4 Å². The highest BCUT2D eigenvalue weighted by molar-refractivity contribution is 7.98. The van der Waals surface area contributed by atoms with Gasteiger partial charge in [0.15, 0.2) is 0 Å². The zero-order valence-corrected chi connectivity index (χ0v) is 15.8. The Hall–Kier alpha value is -2.31. The van der Waals surface area contributed by atoms with Gasteiger partial charge in [-0.2, -0.15) is 0 Å². The number of hydrogen-bond donors (Lipinski definition) is 1. The molecule has 0 fully saturated rings. The van der Waals surface area contributed by atoms with Crippen LogP contribution in [0.25, 0.3) is 0 Å². The van der Waals surface area contributed by atoms with Crippen molar-refractivity contribution in [2.24, 2.45) is 0 Å². The van der Waals surface area contributed by atoms with E-state index >= 15 is 0 Å². The number of halogens is 1. The van der Waals surface area contributed by atoms with Crippen LogP contribution in [0.2, 0.25) is 0 Å². The molecule has 0 atom stereocenters. The van der Waals surface area contributed by atoms with Gasteiger partial charge in [0, 0.05) is 16.3 Å². The lowest BCUT2D eigenvalue weighted by Crippen LogP contribution is -2.13. The Balaban J connectivity index is 1.67. The molecule has 1 N–H and O–H groups in total. The summed E-state index contributed by atoms with van der Waals surface area (Å²) in [7, 11) is -3.74. The second-order valence-electron chi connectivity index (χ2n) is 5.82. The van der Waals surface area contributed by atoms with Crippen molar-refractivity contribution in [2.45, 2.75) is 22.5 Å². The van der Waals surface area contributed by atoms with E-state index in [4.69, 9.17) is 0 Å². The number of nitrogens with one attached hydrogen (secondary N) is 1. The van der Waals surface area contributed by atoms with Crippen LogP contribution in [-0.2, 0) is 15.8 Å². The van der Waals surface area contributed by atoms with Crippen molar-refractivity contribution in [2.75, 3.05) is 4.72 Å². The summed E-state index contributed by atoms with van der Waals surface area (Å²) in [5, 5.41) is 0. The fourth-order valence-electron chi connectivity index (χ4n) is 2.35. The molecule has 0 aliphatic carbocycles. The Labute approximate surface area is 157 Å². The highest BCUT2D eigenvalue weighted by atomic mass is 32.2. The second-order valence-corrected chi connectivity index (χ2v) is 8.55. The molecule has 0 radical (unpaired) electrons. The van der Waals surface area contributed by atoms with Crippen molar-refractivity contribution >= 4 is 27.5 Å². The molecule has 6 heteroatoms. The van der Waals surface area contributed by atoms with Gasteiger partial charge in [-0.05, 0) is 60.5 Å². The summed E-state index contributed by atoms with van der Waals surface area (Å²) >= 11 is 1.72. The number of aryl methyl sites for hydroxylation is 1. The van der Waals surface area contributed by atoms with Crippen molar-refractivity contribution in [1.29, 1.82) is 0 Å². The van der Waals surface area contributed by atoms with Crippen LogP contribution in [0.5, 0.6) is 0 Å². The smallest absolute Gasteiger partial charge is 0.261 e. The molecule has 134 valence electrons. The van der Waals surface area contributed by atoms with E-state index in [1.165, 1.54) is 24.0 Å². The minimum Gasteiger partial charge on any atom is -0.280 e. The monoisotopic (exact) mass is 387 g/mol. The Morgan fingerprint density at radius 3 is 2.31 bits per heavy atom. The van der Waals surface area contributed by atoms with E-state index in [1.807, 2.05) is 30.3 Å². The van der Waals surface area contributed by atoms with Gasteiger partial charge in [0.25, 0.3) is 10.0 Å². The number of thioether (sulfide) groups is 1. The molecule has 3 nitrogen and oxygen atoms in total. The molecular weight excluding hydrogens is 369 g/mol. The van der Waals surface area contributed by atoms with E-state index in [1.54, 1.807) is 23.9 Å². The van der Waals surface area contributed by atoms with Crippen LogP contribution in [0.1, 0.15) is 11.1 Å². The zero-order valence-electron chi connectivity index (χ0n) is 14.1. The van der Waals surface area contributed by atoms with Crippen LogP contribution in [-0.4, -0.2) is 8.42 Å². The van der Waals surface area contributed by atoms with E-state index in [0.29, 0.717) is 11.3 Å². The van der Waals surface area contributed by atoms with Crippen LogP contribution in [0.15, 0.2) is 82.6 Å². The Kier molecular flexibility index (Phi) is 5.64. The fraction of sp³-hybridized carbons (Fsp3) is 0.100. The minimum atomic E-state index is -3.74. The van der Waals surface area contributed by atoms with Gasteiger partial charge < -0.3 is 0 Å². The molecule has 0 saturated carbocycles. The summed E-state index contributed by atoms with van der Waals surface area (Å²) in [4.78, 5) is 1.23. The predicted octanol–water partition coefficient (Wildman–Crippen LogP) is 5.23. The van der Waals surface area contributed by atoms with Crippen LogP contribution in [0.4, 0.5) is 10.1 Å². The molecule has 3 aromatic carbocycles. The second kappa shape index (κ2) is 7.93. The van der Waals surface area contributed by atoms with E-state index in [2.05, 4.69) is 16.9 Å². The van der Waals surface area contributed by atoms with E-state index in [-0.39, 0.29) is 4.90 Å². The zero-order chi connectivity index (χ0) is 18.6. The van der Waals surface area contributed by atoms with Crippen LogP contribution in [0, 0.1) is 12.7 Å². The lowest BCUT2D eigenvalue weighted by molar-refractivity contribution is 0.598. The minimum absolute atomic E-state index is 0.0418. The molecule has 0 amide bonds. The van der Waals surface area contributed by atoms with Gasteiger partial charge >= 0.3 is 0 Å². The number of sulfonamides is 1. The van der Waals surface area contributed by atoms with Crippen LogP contribution in [0.3, 0.4) is 0 Å². The Bertz CT molecular complexity index is 988. The molecule has 3 aromatic rings. The molecule has 0 aromatic heterocycles. The van der Waals surface area contributed by atoms with E-state index in [9.17, 15) is 12.8 Å². The Morgan fingerprint density at radius 1 is 0.962 bits per heavy atom. The van der Waals surface area contributed by atoms with E-state index < -0.39 is 15.8 Å². The standard InChI is InChI=1S/C20H18FNO2S2/c1-15-13-19(11-12-20(15)21)26(23,24)22-17-9-7-16(8-10-17)14-25-18-5-3-2-4-6-18/h2-13,22H,14H2,1H3. The van der Waals surface area contributed by atoms with Crippen molar-refractivity contribution in [1.82, 2.24) is 0 Å². The van der Waals surface area contributed by atoms with Gasteiger partial charge in [0.2, 0.25) is 0 Å². The molecular formula is C20H18FNO2S2. The highest BCUT2D eigenvalue weighted by Crippen LogP contribution is 2.24. The maximum Gasteiger partial charge on any atom is 0.261 e. The molecule has 0 bridgehead atoms. The molecule has 0 aliphatic rings. The number of rotatable bonds is 6. The number of anilines is 1. The highest BCUT2D eigenvalue weighted by Gasteiger charge is 2.15. The summed E-state index contributed by atoms with van der Waals surface area (Å²) in [5.74, 6) is 0.373. The van der Waals surface area contributed by atoms with Crippen LogP contribution < -0.4 is 4.72 Å². The first-order chi connectivity index (χ1) is 12.4. The summed E-state index contributed by atoms with van der Waals surface area (Å²) in [5.41, 5.74) is 1.86. The molecule has 0 heterocycles. The van der Waals surface area contributed by atoms with Crippen molar-refractivity contribution in [3.05, 3.63) is 89.7 Å². The molecule has 0 aliphatic heterocycles. The lowest BCUT2D eigenvalue weighted by Gasteiger charge is -2.10. The average Bonchev–Trinajstić information content (AvgIpc) is 2.64. The first kappa shape index (κ1) is 18.5. The fourth-order valence-corrected chi connectivity index (χ4v) is 4.37. The van der Waals surface area contributed by atoms with Crippen molar-refractivity contribution in [3.63, 3.8) is 0 Å². The summed E-state index contributed by atoms with van der Waals surface area (Å²) < 4.78 is 40.7. The third-order valence-corrected chi connectivity index (χ3v) is 6.26.